The number of aromatic nitrogens is 4. The number of nitrogens with zero attached hydrogens (tertiary/aromatic N) is 5. The molecule has 2 heterocycles. The summed E-state index contributed by atoms with van der Waals surface area (Å²) in [5.41, 5.74) is 0.346. The highest BCUT2D eigenvalue weighted by Crippen LogP contribution is 2.23. The van der Waals surface area contributed by atoms with Crippen molar-refractivity contribution in [3.05, 3.63) is 60.8 Å². The van der Waals surface area contributed by atoms with Crippen molar-refractivity contribution in [3.63, 3.8) is 0 Å². The molecule has 0 spiro atoms. The number of rotatable bonds is 5. The van der Waals surface area contributed by atoms with E-state index in [9.17, 15) is 19.7 Å². The zero-order valence-corrected chi connectivity index (χ0v) is 16.3. The number of anilines is 1. The van der Waals surface area contributed by atoms with Crippen molar-refractivity contribution in [2.45, 2.75) is 38.3 Å². The first-order chi connectivity index (χ1) is 13.9. The average Bonchev–Trinajstić information content (AvgIpc) is 3.33. The Hall–Kier alpha value is -3.43. The molecule has 152 valence electrons. The quantitative estimate of drug-likeness (QED) is 0.517. The van der Waals surface area contributed by atoms with Gasteiger partial charge in [-0.15, -0.1) is 0 Å². The van der Waals surface area contributed by atoms with Gasteiger partial charge in [-0.05, 0) is 18.4 Å². The minimum atomic E-state index is -0.491. The monoisotopic (exact) mass is 398 g/mol. The number of hydrogen-bond donors (Lipinski definition) is 1. The van der Waals surface area contributed by atoms with Crippen molar-refractivity contribution in [2.24, 2.45) is 14.1 Å². The Balaban J connectivity index is 1.76. The number of nitrogens with one attached hydrogen (secondary N) is 1. The summed E-state index contributed by atoms with van der Waals surface area (Å²) >= 11 is 0. The molecule has 1 aliphatic carbocycles. The van der Waals surface area contributed by atoms with Gasteiger partial charge in [-0.1, -0.05) is 25.0 Å². The van der Waals surface area contributed by atoms with E-state index in [0.29, 0.717) is 28.7 Å². The predicted molar refractivity (Wildman–Crippen MR) is 108 cm³/mol. The summed E-state index contributed by atoms with van der Waals surface area (Å²) < 4.78 is 4.19. The molecular formula is C19H22N6O4. The second kappa shape index (κ2) is 7.19. The van der Waals surface area contributed by atoms with Crippen molar-refractivity contribution >= 4 is 22.8 Å². The molecule has 0 saturated heterocycles. The van der Waals surface area contributed by atoms with Crippen molar-refractivity contribution in [3.8, 4) is 0 Å². The molecule has 2 aromatic heterocycles. The molecule has 10 heteroatoms. The summed E-state index contributed by atoms with van der Waals surface area (Å²) in [5, 5.41) is 14.2. The number of fused-ring (bicyclic) bond motifs is 1. The van der Waals surface area contributed by atoms with Gasteiger partial charge in [0.2, 0.25) is 5.95 Å². The largest absolute Gasteiger partial charge is 0.353 e. The van der Waals surface area contributed by atoms with Crippen molar-refractivity contribution in [1.82, 2.24) is 18.7 Å². The van der Waals surface area contributed by atoms with E-state index in [0.717, 1.165) is 17.4 Å². The Morgan fingerprint density at radius 3 is 2.41 bits per heavy atom. The van der Waals surface area contributed by atoms with Gasteiger partial charge in [-0.3, -0.25) is 24.0 Å². The van der Waals surface area contributed by atoms with Crippen LogP contribution in [0.4, 0.5) is 11.6 Å². The minimum Gasteiger partial charge on any atom is -0.353 e. The fourth-order valence-electron chi connectivity index (χ4n) is 3.87. The molecule has 0 amide bonds. The molecule has 1 N–H and O–H groups in total. The van der Waals surface area contributed by atoms with Gasteiger partial charge in [-0.2, -0.15) is 4.98 Å². The van der Waals surface area contributed by atoms with E-state index in [2.05, 4.69) is 10.3 Å². The molecule has 1 aliphatic rings. The Morgan fingerprint density at radius 2 is 1.79 bits per heavy atom. The number of nitro benzene ring substituents is 1. The van der Waals surface area contributed by atoms with E-state index in [1.165, 1.54) is 29.5 Å². The van der Waals surface area contributed by atoms with E-state index in [1.807, 2.05) is 0 Å². The van der Waals surface area contributed by atoms with Crippen LogP contribution in [0.2, 0.25) is 0 Å². The number of nitro groups is 1. The number of benzene rings is 1. The second-order valence-electron chi connectivity index (χ2n) is 7.45. The molecule has 1 aromatic carbocycles. The van der Waals surface area contributed by atoms with Gasteiger partial charge >= 0.3 is 5.69 Å². The molecule has 0 radical (unpaired) electrons. The fraction of sp³-hybridized carbons (Fsp3) is 0.421. The van der Waals surface area contributed by atoms with Gasteiger partial charge in [0.05, 0.1) is 11.5 Å². The first-order valence-corrected chi connectivity index (χ1v) is 9.53. The smallest absolute Gasteiger partial charge is 0.332 e. The molecule has 1 saturated carbocycles. The summed E-state index contributed by atoms with van der Waals surface area (Å²) in [6.07, 6.45) is 4.46. The van der Waals surface area contributed by atoms with Gasteiger partial charge in [0.15, 0.2) is 11.2 Å². The van der Waals surface area contributed by atoms with E-state index < -0.39 is 16.2 Å². The molecule has 0 aliphatic heterocycles. The van der Waals surface area contributed by atoms with Crippen LogP contribution >= 0.6 is 0 Å². The highest BCUT2D eigenvalue weighted by molar-refractivity contribution is 5.74. The molecule has 0 bridgehead atoms. The molecule has 0 atom stereocenters. The topological polar surface area (TPSA) is 117 Å². The predicted octanol–water partition coefficient (Wildman–Crippen LogP) is 1.74. The SMILES string of the molecule is Cn1c(NC2CCCC2)nc2c1c(=O)n(Cc1ccc([N+](=O)[O-])cc1)c(=O)n2C. The first kappa shape index (κ1) is 18.9. The summed E-state index contributed by atoms with van der Waals surface area (Å²) in [6.45, 7) is 0.0238. The molecule has 10 nitrogen and oxygen atoms in total. The third-order valence-electron chi connectivity index (χ3n) is 5.54. The first-order valence-electron chi connectivity index (χ1n) is 9.53. The lowest BCUT2D eigenvalue weighted by molar-refractivity contribution is -0.384. The molecular weight excluding hydrogens is 376 g/mol. The third-order valence-corrected chi connectivity index (χ3v) is 5.54. The van der Waals surface area contributed by atoms with Crippen molar-refractivity contribution in [1.29, 1.82) is 0 Å². The zero-order chi connectivity index (χ0) is 20.7. The second-order valence-corrected chi connectivity index (χ2v) is 7.45. The summed E-state index contributed by atoms with van der Waals surface area (Å²) in [5.74, 6) is 0.576. The Morgan fingerprint density at radius 1 is 1.14 bits per heavy atom. The molecule has 1 fully saturated rings. The maximum absolute atomic E-state index is 13.1. The van der Waals surface area contributed by atoms with Crippen LogP contribution in [0, 0.1) is 10.1 Å². The van der Waals surface area contributed by atoms with Crippen LogP contribution < -0.4 is 16.6 Å². The van der Waals surface area contributed by atoms with Gasteiger partial charge in [0, 0.05) is 32.3 Å². The summed E-state index contributed by atoms with van der Waals surface area (Å²) in [6, 6.07) is 6.13. The van der Waals surface area contributed by atoms with Crippen LogP contribution in [0.5, 0.6) is 0 Å². The Labute approximate surface area is 165 Å². The average molecular weight is 398 g/mol. The van der Waals surface area contributed by atoms with Crippen LogP contribution in [0.15, 0.2) is 33.9 Å². The van der Waals surface area contributed by atoms with Gasteiger partial charge in [0.1, 0.15) is 0 Å². The number of non-ortho nitro benzene ring substituents is 1. The van der Waals surface area contributed by atoms with Crippen LogP contribution in [-0.4, -0.2) is 29.7 Å². The Kier molecular flexibility index (Phi) is 4.69. The van der Waals surface area contributed by atoms with Crippen LogP contribution in [-0.2, 0) is 20.6 Å². The number of hydrogen-bond acceptors (Lipinski definition) is 6. The van der Waals surface area contributed by atoms with Crippen molar-refractivity contribution in [2.75, 3.05) is 5.32 Å². The zero-order valence-electron chi connectivity index (χ0n) is 16.3. The van der Waals surface area contributed by atoms with Crippen LogP contribution in [0.25, 0.3) is 11.2 Å². The van der Waals surface area contributed by atoms with Gasteiger partial charge in [0.25, 0.3) is 11.2 Å². The maximum atomic E-state index is 13.1. The molecule has 29 heavy (non-hydrogen) atoms. The summed E-state index contributed by atoms with van der Waals surface area (Å²) in [7, 11) is 3.34. The summed E-state index contributed by atoms with van der Waals surface area (Å²) in [4.78, 5) is 40.7. The highest BCUT2D eigenvalue weighted by Gasteiger charge is 2.22. The lowest BCUT2D eigenvalue weighted by Gasteiger charge is -2.12. The van der Waals surface area contributed by atoms with Gasteiger partial charge in [-0.25, -0.2) is 4.79 Å². The normalized spacial score (nSPS) is 14.6. The fourth-order valence-corrected chi connectivity index (χ4v) is 3.87. The maximum Gasteiger partial charge on any atom is 0.332 e. The molecule has 3 aromatic rings. The van der Waals surface area contributed by atoms with Crippen molar-refractivity contribution < 1.29 is 4.92 Å². The lowest BCUT2D eigenvalue weighted by atomic mass is 10.2. The third kappa shape index (κ3) is 3.30. The van der Waals surface area contributed by atoms with Crippen LogP contribution in [0.1, 0.15) is 31.2 Å². The van der Waals surface area contributed by atoms with E-state index in [-0.39, 0.29) is 12.2 Å². The number of imidazole rings is 1. The lowest BCUT2D eigenvalue weighted by Crippen LogP contribution is -2.39. The highest BCUT2D eigenvalue weighted by atomic mass is 16.6. The van der Waals surface area contributed by atoms with Gasteiger partial charge < -0.3 is 9.88 Å². The number of aryl methyl sites for hydroxylation is 2. The minimum absolute atomic E-state index is 0.0238. The van der Waals surface area contributed by atoms with E-state index in [1.54, 1.807) is 30.8 Å². The standard InChI is InChI=1S/C19H22N6O4/c1-22-15-16(21-18(22)20-13-5-3-4-6-13)23(2)19(27)24(17(15)26)11-12-7-9-14(10-8-12)25(28)29/h7-10,13H,3-6,11H2,1-2H3,(H,20,21). The van der Waals surface area contributed by atoms with Crippen LogP contribution in [0.3, 0.4) is 0 Å². The molecule has 4 rings (SSSR count). The van der Waals surface area contributed by atoms with E-state index >= 15 is 0 Å². The van der Waals surface area contributed by atoms with E-state index in [4.69, 9.17) is 0 Å². The molecule has 0 unspecified atom stereocenters. The Bertz CT molecular complexity index is 1200.